The Balaban J connectivity index is 0.000000327. The highest BCUT2D eigenvalue weighted by molar-refractivity contribution is 5.94. The van der Waals surface area contributed by atoms with Crippen molar-refractivity contribution in [2.45, 2.75) is 273 Å². The average Bonchev–Trinajstić information content (AvgIpc) is 0.781. The Kier molecular flexibility index (Phi) is 35.4. The summed E-state index contributed by atoms with van der Waals surface area (Å²) in [5.74, 6) is -2.47. The summed E-state index contributed by atoms with van der Waals surface area (Å²) in [7, 11) is 1.45. The fraction of sp³-hybridized carbons (Fsp3) is 0.761. The van der Waals surface area contributed by atoms with Crippen LogP contribution in [-0.4, -0.2) is 452 Å². The number of hydrogen-bond acceptors (Lipinski definition) is 42. The van der Waals surface area contributed by atoms with Crippen molar-refractivity contribution in [1.82, 2.24) is 26.2 Å². The van der Waals surface area contributed by atoms with Crippen LogP contribution in [0.2, 0.25) is 0 Å². The lowest BCUT2D eigenvalue weighted by Gasteiger charge is -2.50. The van der Waals surface area contributed by atoms with E-state index in [1.807, 2.05) is 30.3 Å². The minimum absolute atomic E-state index is 0.0884. The fourth-order valence-electron chi connectivity index (χ4n) is 14.3. The Hall–Kier alpha value is -5.85. The topological polar surface area (TPSA) is 737 Å². The first-order chi connectivity index (χ1) is 56.0. The van der Waals surface area contributed by atoms with Crippen LogP contribution in [0.4, 0.5) is 0 Å². The fourth-order valence-corrected chi connectivity index (χ4v) is 14.3. The number of nitrogens with two attached hydrogens (primary N) is 1. The summed E-state index contributed by atoms with van der Waals surface area (Å²) < 4.78 is 79.5. The summed E-state index contributed by atoms with van der Waals surface area (Å²) in [5, 5.41) is 250. The van der Waals surface area contributed by atoms with E-state index in [4.69, 9.17) is 72.0 Å². The van der Waals surface area contributed by atoms with E-state index in [0.29, 0.717) is 0 Å². The third-order valence-corrected chi connectivity index (χ3v) is 21.0. The Bertz CT molecular complexity index is 3100. The SMILES string of the molecule is CC(C)NC(=O)CNC(=O)[C@H](Cc1ccccc1)N(C)C(=O)CNC(=O)[C@@H](C)NC(=O)[C@@H](N)Cc1ccc(O)cc1.OC[C@H]1O[C@@H]2O[C@H]3[C@H](O)[C@@H](O)[C@@H](O[C@H]4[C@H](O)[C@@H](O)[C@@H](O[C@H]5[C@H](O)[C@@H](O)[C@@H](O[C@H]6[C@H](O)[C@@H](O)[C@@H](O[C@H]7[C@@H](O)[C@H](O)[C@@H](O[C@H]8[C@@H](O)[C@H](O)[C@@H](O[C@H]1[C@H](O)[C@H]2O)O[C@@H]8CO)O[C@@H]7CO)O[C@@H]6CO)O[C@@H]5CO)O[C@@H]4CO)O[C@@H]3CO. The van der Waals surface area contributed by atoms with Gasteiger partial charge in [0.1, 0.15) is 189 Å². The van der Waals surface area contributed by atoms with Gasteiger partial charge in [0.2, 0.25) is 29.5 Å². The van der Waals surface area contributed by atoms with Crippen LogP contribution in [-0.2, 0) is 103 Å². The zero-order valence-electron chi connectivity index (χ0n) is 64.1. The first kappa shape index (κ1) is 96.0. The molecule has 21 saturated heterocycles. The molecule has 118 heavy (non-hydrogen) atoms. The highest BCUT2D eigenvalue weighted by Crippen LogP contribution is 2.39. The monoisotopic (exact) mass is 1700 g/mol. The van der Waals surface area contributed by atoms with Crippen molar-refractivity contribution in [3.05, 3.63) is 65.7 Å². The molecule has 0 saturated carbocycles. The quantitative estimate of drug-likeness (QED) is 0.0552. The van der Waals surface area contributed by atoms with Crippen LogP contribution in [0.3, 0.4) is 0 Å². The molecule has 2 aromatic rings. The lowest BCUT2D eigenvalue weighted by molar-refractivity contribution is -0.396. The Morgan fingerprint density at radius 3 is 0.898 bits per heavy atom. The first-order valence-electron chi connectivity index (χ1n) is 38.0. The molecule has 5 amide bonds. The number of nitrogens with one attached hydrogen (secondary N) is 4. The van der Waals surface area contributed by atoms with Gasteiger partial charge in [-0.05, 0) is 50.5 Å². The lowest BCUT2D eigenvalue weighted by atomic mass is 9.95. The van der Waals surface area contributed by atoms with Crippen molar-refractivity contribution in [3.63, 3.8) is 0 Å². The largest absolute Gasteiger partial charge is 0.508 e. The molecule has 0 unspecified atom stereocenters. The molecule has 47 heteroatoms. The highest BCUT2D eigenvalue weighted by Gasteiger charge is 2.60. The van der Waals surface area contributed by atoms with Gasteiger partial charge in [0.15, 0.2) is 44.0 Å². The zero-order valence-corrected chi connectivity index (χ0v) is 64.1. The van der Waals surface area contributed by atoms with Crippen LogP contribution in [0.1, 0.15) is 31.9 Å². The van der Waals surface area contributed by atoms with E-state index >= 15 is 0 Å². The molecule has 21 fully saturated rings. The van der Waals surface area contributed by atoms with Crippen molar-refractivity contribution in [2.75, 3.05) is 66.4 Å². The number of likely N-dealkylation sites (N-methyl/N-ethyl adjacent to an activating group) is 1. The second-order valence-corrected chi connectivity index (χ2v) is 29.7. The molecule has 38 atom stereocenters. The minimum atomic E-state index is -2.21. The van der Waals surface area contributed by atoms with Crippen LogP contribution >= 0.6 is 0 Å². The third-order valence-electron chi connectivity index (χ3n) is 21.0. The number of benzene rings is 2. The van der Waals surface area contributed by atoms with E-state index in [-0.39, 0.29) is 37.1 Å². The van der Waals surface area contributed by atoms with E-state index in [9.17, 15) is 136 Å². The van der Waals surface area contributed by atoms with Gasteiger partial charge in [0.05, 0.1) is 65.4 Å². The van der Waals surface area contributed by atoms with E-state index in [0.717, 1.165) is 11.1 Å². The molecular weight excluding hydrogens is 1590 g/mol. The number of amides is 5. The number of phenolic OH excluding ortho intramolecular Hbond substituents is 1. The summed E-state index contributed by atoms with van der Waals surface area (Å²) in [6.07, 6.45) is -69.8. The molecule has 670 valence electrons. The molecule has 28 N–H and O–H groups in total. The average molecular weight is 1700 g/mol. The van der Waals surface area contributed by atoms with E-state index < -0.39 is 309 Å². The van der Waals surface area contributed by atoms with Crippen LogP contribution < -0.4 is 27.0 Å². The van der Waals surface area contributed by atoms with Crippen molar-refractivity contribution in [3.8, 4) is 5.75 Å². The molecule has 47 nitrogen and oxygen atoms in total. The maximum absolute atomic E-state index is 13.0. The molecular formula is C71H110N6O41. The van der Waals surface area contributed by atoms with Crippen molar-refractivity contribution < 1.29 is 203 Å². The molecule has 14 bridgehead atoms. The lowest BCUT2D eigenvalue weighted by Crippen LogP contribution is -2.68. The first-order valence-corrected chi connectivity index (χ1v) is 38.0. The molecule has 2 aromatic carbocycles. The number of rotatable bonds is 21. The molecule has 0 spiro atoms. The van der Waals surface area contributed by atoms with Crippen molar-refractivity contribution >= 4 is 29.5 Å². The van der Waals surface area contributed by atoms with Gasteiger partial charge in [0.25, 0.3) is 0 Å². The van der Waals surface area contributed by atoms with Gasteiger partial charge in [-0.15, -0.1) is 0 Å². The molecule has 0 aromatic heterocycles. The number of aliphatic hydroxyl groups excluding tert-OH is 21. The molecule has 0 radical (unpaired) electrons. The van der Waals surface area contributed by atoms with E-state index in [2.05, 4.69) is 21.3 Å². The van der Waals surface area contributed by atoms with Crippen LogP contribution in [0.5, 0.6) is 5.75 Å². The number of aromatic hydroxyl groups is 1. The number of carbonyl (C=O) groups excluding carboxylic acids is 5. The number of phenols is 1. The van der Waals surface area contributed by atoms with E-state index in [1.54, 1.807) is 26.0 Å². The summed E-state index contributed by atoms with van der Waals surface area (Å²) in [6.45, 7) is -2.92. The number of ether oxygens (including phenoxy) is 14. The molecule has 23 rings (SSSR count). The normalized spacial score (nSPS) is 40.6. The zero-order chi connectivity index (χ0) is 86.6. The van der Waals surface area contributed by atoms with Gasteiger partial charge in [0, 0.05) is 19.5 Å². The van der Waals surface area contributed by atoms with Crippen molar-refractivity contribution in [2.24, 2.45) is 5.73 Å². The summed E-state index contributed by atoms with van der Waals surface area (Å²) in [6, 6.07) is 12.4. The van der Waals surface area contributed by atoms with Gasteiger partial charge in [-0.1, -0.05) is 42.5 Å². The van der Waals surface area contributed by atoms with Gasteiger partial charge >= 0.3 is 0 Å². The van der Waals surface area contributed by atoms with Crippen LogP contribution in [0.25, 0.3) is 0 Å². The Morgan fingerprint density at radius 2 is 0.627 bits per heavy atom. The van der Waals surface area contributed by atoms with Crippen molar-refractivity contribution in [1.29, 1.82) is 0 Å². The standard InChI is InChI=1S/C42H70O35.C29H40N6O6/c43-1-8-29-15(50)22(57)36(64-8)72-30-9(2-44)66-38(24(59)17(30)52)74-32-11(4-46)68-40(26(61)19(32)54)76-34-13(6-48)70-42(28(63)21(34)56)77-35-14(7-49)69-41(27(62)20(35)55)75-33-12(5-47)67-39(25(60)18(33)53)73-31-10(3-45)65-37(71-29)23(58)16(31)51;1-18(2)33-25(37)16-31-29(41)24(15-20-8-6-5-7-9-20)35(4)26(38)17-32-27(39)19(3)34-28(40)23(30)14-21-10-12-22(36)13-11-21/h8-63H,1-7H2;5-13,18-19,23-24,36H,14-17,30H2,1-4H3,(H,31,41)(H,32,39)(H,33,37)(H,34,40)/t8-,9-,10-,11-,12-,13-,14-,15-,16-,17-,18-,19-,20+,21+,22-,23-,24-,25-,26-,27+,28+,29-,30-,31-,32-,33-,34-,35-,36-,37-,38-,39-,40-,41-,42-;19-,23+,24+/m11/s1. The predicted octanol–water partition coefficient (Wildman–Crippen LogP) is -15.6. The third kappa shape index (κ3) is 22.8. The smallest absolute Gasteiger partial charge is 0.243 e. The number of aliphatic hydroxyl groups is 21. The maximum atomic E-state index is 13.0. The second-order valence-electron chi connectivity index (χ2n) is 29.7. The molecule has 21 heterocycles. The van der Waals surface area contributed by atoms with E-state index in [1.165, 1.54) is 31.0 Å². The highest BCUT2D eigenvalue weighted by atomic mass is 16.8. The van der Waals surface area contributed by atoms with Gasteiger partial charge in [-0.3, -0.25) is 24.0 Å². The molecule has 21 aliphatic heterocycles. The Morgan fingerprint density at radius 1 is 0.356 bits per heavy atom. The molecule has 0 aliphatic carbocycles. The van der Waals surface area contributed by atoms with Gasteiger partial charge in [-0.25, -0.2) is 0 Å². The second kappa shape index (κ2) is 43.5. The van der Waals surface area contributed by atoms with Gasteiger partial charge in [-0.2, -0.15) is 0 Å². The predicted molar refractivity (Wildman–Crippen MR) is 382 cm³/mol. The molecule has 21 aliphatic rings. The maximum Gasteiger partial charge on any atom is 0.243 e. The summed E-state index contributed by atoms with van der Waals surface area (Å²) >= 11 is 0. The number of hydrogen-bond donors (Lipinski definition) is 27. The Labute approximate surface area is 672 Å². The summed E-state index contributed by atoms with van der Waals surface area (Å²) in [4.78, 5) is 64.3. The van der Waals surface area contributed by atoms with Gasteiger partial charge < -0.3 is 211 Å². The summed E-state index contributed by atoms with van der Waals surface area (Å²) in [5.41, 5.74) is 7.51. The van der Waals surface area contributed by atoms with Crippen LogP contribution in [0.15, 0.2) is 54.6 Å². The van der Waals surface area contributed by atoms with Crippen LogP contribution in [0, 0.1) is 0 Å². The number of carbonyl (C=O) groups is 5. The minimum Gasteiger partial charge on any atom is -0.508 e. The number of nitrogens with zero attached hydrogens (tertiary/aromatic N) is 1.